The average Bonchev–Trinajstić information content (AvgIpc) is 2.95. The van der Waals surface area contributed by atoms with Crippen molar-refractivity contribution in [2.24, 2.45) is 17.6 Å². The van der Waals surface area contributed by atoms with Crippen LogP contribution in [0.15, 0.2) is 0 Å². The molecule has 18 heavy (non-hydrogen) atoms. The SMILES string of the molecule is COCC1CCN(CCC2CCCC2(N)CO)C1. The smallest absolute Gasteiger partial charge is 0.0613 e. The van der Waals surface area contributed by atoms with Gasteiger partial charge in [-0.25, -0.2) is 0 Å². The van der Waals surface area contributed by atoms with Crippen LogP contribution in [-0.4, -0.2) is 55.5 Å². The minimum atomic E-state index is -0.300. The number of nitrogens with zero attached hydrogens (tertiary/aromatic N) is 1. The standard InChI is InChI=1S/C14H28N2O2/c1-18-10-12-4-7-16(9-12)8-5-13-3-2-6-14(13,15)11-17/h12-13,17H,2-11,15H2,1H3. The van der Waals surface area contributed by atoms with Crippen LogP contribution in [0.25, 0.3) is 0 Å². The van der Waals surface area contributed by atoms with E-state index in [-0.39, 0.29) is 12.1 Å². The molecular formula is C14H28N2O2. The number of aliphatic hydroxyl groups is 1. The maximum atomic E-state index is 9.44. The number of nitrogens with two attached hydrogens (primary N) is 1. The zero-order chi connectivity index (χ0) is 13.0. The number of ether oxygens (including phenoxy) is 1. The van der Waals surface area contributed by atoms with Crippen molar-refractivity contribution in [3.05, 3.63) is 0 Å². The average molecular weight is 256 g/mol. The molecule has 1 saturated heterocycles. The van der Waals surface area contributed by atoms with Crippen molar-refractivity contribution < 1.29 is 9.84 Å². The maximum absolute atomic E-state index is 9.44. The summed E-state index contributed by atoms with van der Waals surface area (Å²) < 4.78 is 5.22. The Morgan fingerprint density at radius 3 is 3.00 bits per heavy atom. The largest absolute Gasteiger partial charge is 0.394 e. The minimum Gasteiger partial charge on any atom is -0.394 e. The summed E-state index contributed by atoms with van der Waals surface area (Å²) in [5, 5.41) is 9.44. The zero-order valence-corrected chi connectivity index (χ0v) is 11.6. The van der Waals surface area contributed by atoms with E-state index in [0.717, 1.165) is 32.5 Å². The van der Waals surface area contributed by atoms with E-state index < -0.39 is 0 Å². The van der Waals surface area contributed by atoms with E-state index in [1.807, 2.05) is 0 Å². The van der Waals surface area contributed by atoms with Crippen LogP contribution in [0.3, 0.4) is 0 Å². The predicted octanol–water partition coefficient (Wildman–Crippen LogP) is 0.835. The number of hydrogen-bond acceptors (Lipinski definition) is 4. The van der Waals surface area contributed by atoms with Crippen LogP contribution in [0.1, 0.15) is 32.1 Å². The molecule has 1 heterocycles. The second-order valence-electron chi connectivity index (χ2n) is 6.18. The Morgan fingerprint density at radius 2 is 2.28 bits per heavy atom. The lowest BCUT2D eigenvalue weighted by Crippen LogP contribution is -2.47. The van der Waals surface area contributed by atoms with E-state index in [1.165, 1.54) is 25.8 Å². The molecule has 0 aromatic heterocycles. The zero-order valence-electron chi connectivity index (χ0n) is 11.6. The molecule has 4 heteroatoms. The van der Waals surface area contributed by atoms with Crippen LogP contribution in [0.5, 0.6) is 0 Å². The molecule has 106 valence electrons. The molecular weight excluding hydrogens is 228 g/mol. The summed E-state index contributed by atoms with van der Waals surface area (Å²) in [6, 6.07) is 0. The van der Waals surface area contributed by atoms with Gasteiger partial charge in [-0.3, -0.25) is 0 Å². The van der Waals surface area contributed by atoms with Gasteiger partial charge in [-0.05, 0) is 50.6 Å². The van der Waals surface area contributed by atoms with Gasteiger partial charge in [0.25, 0.3) is 0 Å². The molecule has 0 spiro atoms. The predicted molar refractivity (Wildman–Crippen MR) is 72.4 cm³/mol. The molecule has 0 radical (unpaired) electrons. The van der Waals surface area contributed by atoms with E-state index in [4.69, 9.17) is 10.5 Å². The molecule has 1 aliphatic carbocycles. The van der Waals surface area contributed by atoms with E-state index in [1.54, 1.807) is 7.11 Å². The molecule has 4 nitrogen and oxygen atoms in total. The molecule has 2 fully saturated rings. The molecule has 0 bridgehead atoms. The highest BCUT2D eigenvalue weighted by Gasteiger charge is 2.38. The number of rotatable bonds is 6. The Labute approximate surface area is 110 Å². The van der Waals surface area contributed by atoms with Crippen molar-refractivity contribution in [2.45, 2.75) is 37.6 Å². The van der Waals surface area contributed by atoms with E-state index in [0.29, 0.717) is 11.8 Å². The second kappa shape index (κ2) is 6.33. The molecule has 1 saturated carbocycles. The van der Waals surface area contributed by atoms with Crippen molar-refractivity contribution in [1.29, 1.82) is 0 Å². The molecule has 3 unspecified atom stereocenters. The topological polar surface area (TPSA) is 58.7 Å². The molecule has 3 N–H and O–H groups in total. The van der Waals surface area contributed by atoms with Crippen molar-refractivity contribution in [2.75, 3.05) is 40.0 Å². The van der Waals surface area contributed by atoms with Crippen LogP contribution >= 0.6 is 0 Å². The number of likely N-dealkylation sites (tertiary alicyclic amines) is 1. The molecule has 3 atom stereocenters. The summed E-state index contributed by atoms with van der Waals surface area (Å²) in [6.07, 6.45) is 5.74. The van der Waals surface area contributed by atoms with Gasteiger partial charge in [0.15, 0.2) is 0 Å². The Kier molecular flexibility index (Phi) is 5.01. The number of aliphatic hydroxyl groups excluding tert-OH is 1. The van der Waals surface area contributed by atoms with Gasteiger partial charge in [-0.2, -0.15) is 0 Å². The lowest BCUT2D eigenvalue weighted by atomic mass is 9.86. The first kappa shape index (κ1) is 14.3. The van der Waals surface area contributed by atoms with E-state index in [2.05, 4.69) is 4.90 Å². The van der Waals surface area contributed by atoms with Gasteiger partial charge in [0.1, 0.15) is 0 Å². The molecule has 0 amide bonds. The molecule has 2 aliphatic rings. The first-order valence-corrected chi connectivity index (χ1v) is 7.29. The van der Waals surface area contributed by atoms with Gasteiger partial charge in [0.05, 0.1) is 13.2 Å². The normalized spacial score (nSPS) is 37.5. The third-order valence-corrected chi connectivity index (χ3v) is 4.87. The van der Waals surface area contributed by atoms with E-state index >= 15 is 0 Å². The third-order valence-electron chi connectivity index (χ3n) is 4.87. The van der Waals surface area contributed by atoms with Crippen molar-refractivity contribution in [1.82, 2.24) is 4.90 Å². The van der Waals surface area contributed by atoms with Gasteiger partial charge < -0.3 is 20.5 Å². The van der Waals surface area contributed by atoms with E-state index in [9.17, 15) is 5.11 Å². The van der Waals surface area contributed by atoms with Crippen LogP contribution in [0, 0.1) is 11.8 Å². The Balaban J connectivity index is 1.72. The lowest BCUT2D eigenvalue weighted by Gasteiger charge is -2.30. The quantitative estimate of drug-likeness (QED) is 0.739. The monoisotopic (exact) mass is 256 g/mol. The second-order valence-corrected chi connectivity index (χ2v) is 6.18. The summed E-state index contributed by atoms with van der Waals surface area (Å²) in [5.41, 5.74) is 5.97. The van der Waals surface area contributed by atoms with Crippen LogP contribution in [0.2, 0.25) is 0 Å². The fourth-order valence-corrected chi connectivity index (χ4v) is 3.64. The third kappa shape index (κ3) is 3.23. The van der Waals surface area contributed by atoms with Gasteiger partial charge in [-0.1, -0.05) is 6.42 Å². The summed E-state index contributed by atoms with van der Waals surface area (Å²) >= 11 is 0. The first-order valence-electron chi connectivity index (χ1n) is 7.29. The fourth-order valence-electron chi connectivity index (χ4n) is 3.64. The van der Waals surface area contributed by atoms with Crippen LogP contribution < -0.4 is 5.73 Å². The van der Waals surface area contributed by atoms with Crippen molar-refractivity contribution in [3.63, 3.8) is 0 Å². The first-order chi connectivity index (χ1) is 8.68. The number of hydrogen-bond donors (Lipinski definition) is 2. The molecule has 0 aromatic rings. The lowest BCUT2D eigenvalue weighted by molar-refractivity contribution is 0.140. The summed E-state index contributed by atoms with van der Waals surface area (Å²) in [7, 11) is 1.78. The molecule has 2 rings (SSSR count). The Hall–Kier alpha value is -0.160. The highest BCUT2D eigenvalue weighted by Crippen LogP contribution is 2.36. The molecule has 1 aliphatic heterocycles. The highest BCUT2D eigenvalue weighted by molar-refractivity contribution is 4.96. The highest BCUT2D eigenvalue weighted by atomic mass is 16.5. The van der Waals surface area contributed by atoms with Crippen LogP contribution in [-0.2, 0) is 4.74 Å². The minimum absolute atomic E-state index is 0.143. The van der Waals surface area contributed by atoms with Crippen LogP contribution in [0.4, 0.5) is 0 Å². The summed E-state index contributed by atoms with van der Waals surface area (Å²) in [4.78, 5) is 2.53. The van der Waals surface area contributed by atoms with Gasteiger partial charge in [0, 0.05) is 19.2 Å². The summed E-state index contributed by atoms with van der Waals surface area (Å²) in [5.74, 6) is 1.21. The molecule has 0 aromatic carbocycles. The number of methoxy groups -OCH3 is 1. The van der Waals surface area contributed by atoms with Gasteiger partial charge in [-0.15, -0.1) is 0 Å². The summed E-state index contributed by atoms with van der Waals surface area (Å²) in [6.45, 7) is 4.51. The van der Waals surface area contributed by atoms with Crippen molar-refractivity contribution >= 4 is 0 Å². The van der Waals surface area contributed by atoms with Gasteiger partial charge in [0.2, 0.25) is 0 Å². The van der Waals surface area contributed by atoms with Crippen molar-refractivity contribution in [3.8, 4) is 0 Å². The van der Waals surface area contributed by atoms with Gasteiger partial charge >= 0.3 is 0 Å². The Bertz CT molecular complexity index is 262. The fraction of sp³-hybridized carbons (Fsp3) is 1.00. The maximum Gasteiger partial charge on any atom is 0.0613 e. The Morgan fingerprint density at radius 1 is 1.44 bits per heavy atom.